The van der Waals surface area contributed by atoms with Gasteiger partial charge in [-0.15, -0.1) is 0 Å². The van der Waals surface area contributed by atoms with Crippen LogP contribution in [-0.4, -0.2) is 87.5 Å². The molecule has 0 bridgehead atoms. The molecule has 6 N–H and O–H groups in total. The standard InChI is InChI=1S/C53H99NO8/c1-3-5-7-9-11-13-15-16-17-18-19-20-21-22-23-24-25-26-27-28-29-30-31-33-34-36-38-40-42-47(56)46(45-61-53-52(60)51(59)50(58)48(44-55)62-53)54-49(57)43-41-39-37-35-32-14-12-10-8-6-4-2/h10,12,33-34,40,42,46-48,50-53,55-56,58-60H,3-9,11,13-32,35-39,41,43-45H2,1-2H3,(H,54,57)/b12-10-,34-33+,42-40+. The summed E-state index contributed by atoms with van der Waals surface area (Å²) in [5.41, 5.74) is 0. The number of allylic oxidation sites excluding steroid dienone is 5. The van der Waals surface area contributed by atoms with E-state index >= 15 is 0 Å². The van der Waals surface area contributed by atoms with Crippen molar-refractivity contribution in [1.29, 1.82) is 0 Å². The molecule has 0 aromatic heterocycles. The fourth-order valence-electron chi connectivity index (χ4n) is 8.21. The maximum absolute atomic E-state index is 12.9. The first-order valence-corrected chi connectivity index (χ1v) is 26.2. The van der Waals surface area contributed by atoms with Crippen LogP contribution in [0.1, 0.15) is 239 Å². The van der Waals surface area contributed by atoms with Crippen LogP contribution in [0, 0.1) is 0 Å². The van der Waals surface area contributed by atoms with Gasteiger partial charge in [-0.1, -0.05) is 217 Å². The zero-order valence-corrected chi connectivity index (χ0v) is 40.1. The highest BCUT2D eigenvalue weighted by molar-refractivity contribution is 5.76. The maximum atomic E-state index is 12.9. The topological polar surface area (TPSA) is 149 Å². The maximum Gasteiger partial charge on any atom is 0.220 e. The van der Waals surface area contributed by atoms with Crippen molar-refractivity contribution in [2.75, 3.05) is 13.2 Å². The molecule has 7 atom stereocenters. The van der Waals surface area contributed by atoms with Gasteiger partial charge >= 0.3 is 0 Å². The van der Waals surface area contributed by atoms with Gasteiger partial charge in [0, 0.05) is 6.42 Å². The first-order chi connectivity index (χ1) is 30.3. The lowest BCUT2D eigenvalue weighted by Crippen LogP contribution is -2.60. The molecule has 1 rings (SSSR count). The molecule has 1 fully saturated rings. The van der Waals surface area contributed by atoms with Crippen LogP contribution in [0.5, 0.6) is 0 Å². The third-order valence-corrected chi connectivity index (χ3v) is 12.4. The van der Waals surface area contributed by atoms with Crippen molar-refractivity contribution < 1.29 is 39.8 Å². The number of carbonyl (C=O) groups excluding carboxylic acids is 1. The lowest BCUT2D eigenvalue weighted by molar-refractivity contribution is -0.302. The minimum absolute atomic E-state index is 0.197. The highest BCUT2D eigenvalue weighted by atomic mass is 16.7. The number of hydrogen-bond donors (Lipinski definition) is 6. The molecule has 1 aliphatic heterocycles. The third-order valence-electron chi connectivity index (χ3n) is 12.4. The summed E-state index contributed by atoms with van der Waals surface area (Å²) in [6.07, 6.45) is 48.0. The van der Waals surface area contributed by atoms with Gasteiger partial charge in [0.2, 0.25) is 5.91 Å². The SMILES string of the molecule is CCCC/C=C\CCCCCCCC(=O)NC(COC1OC(CO)C(O)C(O)C1O)C(O)/C=C/CC/C=C/CCCCCCCCCCCCCCCCCCCCCCCC. The second-order valence-corrected chi connectivity index (χ2v) is 18.3. The van der Waals surface area contributed by atoms with Gasteiger partial charge in [0.05, 0.1) is 25.4 Å². The lowest BCUT2D eigenvalue weighted by atomic mass is 9.99. The Hall–Kier alpha value is -1.59. The zero-order chi connectivity index (χ0) is 45.1. The molecule has 1 saturated heterocycles. The fourth-order valence-corrected chi connectivity index (χ4v) is 8.21. The fraction of sp³-hybridized carbons (Fsp3) is 0.868. The van der Waals surface area contributed by atoms with Gasteiger partial charge in [-0.05, 0) is 51.4 Å². The normalized spacial score (nSPS) is 20.5. The number of amides is 1. The van der Waals surface area contributed by atoms with Crippen molar-refractivity contribution in [3.8, 4) is 0 Å². The third kappa shape index (κ3) is 33.0. The summed E-state index contributed by atoms with van der Waals surface area (Å²) in [4.78, 5) is 12.9. The molecule has 0 aromatic carbocycles. The van der Waals surface area contributed by atoms with E-state index in [1.165, 1.54) is 154 Å². The largest absolute Gasteiger partial charge is 0.394 e. The Bertz CT molecular complexity index is 1070. The van der Waals surface area contributed by atoms with Crippen LogP contribution in [0.3, 0.4) is 0 Å². The molecule has 0 aliphatic carbocycles. The van der Waals surface area contributed by atoms with Crippen molar-refractivity contribution in [3.05, 3.63) is 36.5 Å². The molecule has 62 heavy (non-hydrogen) atoms. The molecule has 0 aromatic rings. The van der Waals surface area contributed by atoms with Gasteiger partial charge in [0.25, 0.3) is 0 Å². The van der Waals surface area contributed by atoms with Crippen LogP contribution in [0.15, 0.2) is 36.5 Å². The number of rotatable bonds is 44. The number of aliphatic hydroxyl groups is 5. The van der Waals surface area contributed by atoms with Crippen LogP contribution in [0.4, 0.5) is 0 Å². The Morgan fingerprint density at radius 2 is 0.935 bits per heavy atom. The van der Waals surface area contributed by atoms with Crippen LogP contribution in [0.2, 0.25) is 0 Å². The molecular weight excluding hydrogens is 779 g/mol. The Balaban J connectivity index is 2.22. The van der Waals surface area contributed by atoms with Crippen LogP contribution in [-0.2, 0) is 14.3 Å². The van der Waals surface area contributed by atoms with E-state index < -0.39 is 49.5 Å². The van der Waals surface area contributed by atoms with Gasteiger partial charge in [-0.25, -0.2) is 0 Å². The highest BCUT2D eigenvalue weighted by Gasteiger charge is 2.44. The van der Waals surface area contributed by atoms with Crippen molar-refractivity contribution in [3.63, 3.8) is 0 Å². The predicted molar refractivity (Wildman–Crippen MR) is 258 cm³/mol. The van der Waals surface area contributed by atoms with Crippen molar-refractivity contribution in [2.45, 2.75) is 281 Å². The van der Waals surface area contributed by atoms with Crippen LogP contribution < -0.4 is 5.32 Å². The minimum Gasteiger partial charge on any atom is -0.394 e. The molecule has 9 nitrogen and oxygen atoms in total. The van der Waals surface area contributed by atoms with Gasteiger partial charge in [-0.3, -0.25) is 4.79 Å². The second kappa shape index (κ2) is 43.3. The van der Waals surface area contributed by atoms with E-state index in [0.717, 1.165) is 64.2 Å². The predicted octanol–water partition coefficient (Wildman–Crippen LogP) is 12.0. The number of carbonyl (C=O) groups is 1. The average molecular weight is 878 g/mol. The number of unbranched alkanes of at least 4 members (excludes halogenated alkanes) is 30. The van der Waals surface area contributed by atoms with E-state index in [0.29, 0.717) is 6.42 Å². The molecule has 1 heterocycles. The summed E-state index contributed by atoms with van der Waals surface area (Å²) in [6, 6.07) is -0.824. The molecule has 364 valence electrons. The summed E-state index contributed by atoms with van der Waals surface area (Å²) < 4.78 is 11.2. The minimum atomic E-state index is -1.57. The summed E-state index contributed by atoms with van der Waals surface area (Å²) >= 11 is 0. The van der Waals surface area contributed by atoms with Crippen molar-refractivity contribution in [2.24, 2.45) is 0 Å². The summed E-state index contributed by atoms with van der Waals surface area (Å²) in [7, 11) is 0. The molecule has 1 amide bonds. The van der Waals surface area contributed by atoms with Crippen molar-refractivity contribution in [1.82, 2.24) is 5.32 Å². The molecule has 7 unspecified atom stereocenters. The first-order valence-electron chi connectivity index (χ1n) is 26.2. The Labute approximate surface area is 381 Å². The molecular formula is C53H99NO8. The van der Waals surface area contributed by atoms with Gasteiger partial charge in [0.15, 0.2) is 6.29 Å². The Morgan fingerprint density at radius 1 is 0.532 bits per heavy atom. The number of hydrogen-bond acceptors (Lipinski definition) is 8. The summed E-state index contributed by atoms with van der Waals surface area (Å²) in [6.45, 7) is 3.72. The average Bonchev–Trinajstić information content (AvgIpc) is 3.27. The van der Waals surface area contributed by atoms with E-state index in [2.05, 4.69) is 43.5 Å². The van der Waals surface area contributed by atoms with Gasteiger partial charge < -0.3 is 40.3 Å². The van der Waals surface area contributed by atoms with Crippen molar-refractivity contribution >= 4 is 5.91 Å². The molecule has 1 aliphatic rings. The second-order valence-electron chi connectivity index (χ2n) is 18.3. The highest BCUT2D eigenvalue weighted by Crippen LogP contribution is 2.23. The molecule has 0 saturated carbocycles. The van der Waals surface area contributed by atoms with E-state index in [1.54, 1.807) is 6.08 Å². The number of aliphatic hydroxyl groups excluding tert-OH is 5. The number of nitrogens with one attached hydrogen (secondary N) is 1. The molecule has 9 heteroatoms. The first kappa shape index (κ1) is 58.4. The lowest BCUT2D eigenvalue weighted by Gasteiger charge is -2.40. The Morgan fingerprint density at radius 3 is 1.40 bits per heavy atom. The van der Waals surface area contributed by atoms with E-state index in [9.17, 15) is 30.3 Å². The smallest absolute Gasteiger partial charge is 0.220 e. The molecule has 0 radical (unpaired) electrons. The van der Waals surface area contributed by atoms with E-state index in [-0.39, 0.29) is 12.5 Å². The van der Waals surface area contributed by atoms with E-state index in [4.69, 9.17) is 9.47 Å². The summed E-state index contributed by atoms with van der Waals surface area (Å²) in [5.74, 6) is -0.197. The van der Waals surface area contributed by atoms with Gasteiger partial charge in [0.1, 0.15) is 24.4 Å². The number of ether oxygens (including phenoxy) is 2. The Kier molecular flexibility index (Phi) is 40.8. The van der Waals surface area contributed by atoms with Crippen LogP contribution >= 0.6 is 0 Å². The van der Waals surface area contributed by atoms with Crippen LogP contribution in [0.25, 0.3) is 0 Å². The summed E-state index contributed by atoms with van der Waals surface area (Å²) in [5, 5.41) is 54.2. The molecule has 0 spiro atoms. The monoisotopic (exact) mass is 878 g/mol. The van der Waals surface area contributed by atoms with Gasteiger partial charge in [-0.2, -0.15) is 0 Å². The zero-order valence-electron chi connectivity index (χ0n) is 40.1. The quantitative estimate of drug-likeness (QED) is 0.0262. The van der Waals surface area contributed by atoms with E-state index in [1.807, 2.05) is 6.08 Å².